The van der Waals surface area contributed by atoms with Crippen molar-refractivity contribution in [1.29, 1.82) is 0 Å². The Bertz CT molecular complexity index is 1940. The molecule has 6 rings (SSSR count). The number of hydrogen-bond donors (Lipinski definition) is 1. The third kappa shape index (κ3) is 4.49. The van der Waals surface area contributed by atoms with Crippen LogP contribution in [0.4, 0.5) is 0 Å². The topological polar surface area (TPSA) is 87.2 Å². The fourth-order valence-corrected chi connectivity index (χ4v) is 7.12. The average molecular weight is 593 g/mol. The Morgan fingerprint density at radius 3 is 2.33 bits per heavy atom. The van der Waals surface area contributed by atoms with E-state index in [0.717, 1.165) is 21.3 Å². The molecule has 2 N–H and O–H groups in total. The first kappa shape index (κ1) is 25.6. The number of ether oxygens (including phenoxy) is 1. The number of carbonyl (C=O) groups is 1. The van der Waals surface area contributed by atoms with Crippen LogP contribution in [0.1, 0.15) is 22.1 Å². The first-order chi connectivity index (χ1) is 18.9. The molecule has 2 aromatic heterocycles. The van der Waals surface area contributed by atoms with Gasteiger partial charge in [-0.1, -0.05) is 59.6 Å². The van der Waals surface area contributed by atoms with Crippen molar-refractivity contribution in [3.63, 3.8) is 0 Å². The lowest BCUT2D eigenvalue weighted by molar-refractivity contribution is -0.134. The zero-order valence-electron chi connectivity index (χ0n) is 20.4. The number of rotatable bonds is 4. The number of carbonyl (C=O) groups excluding carboxylic acids is 1. The van der Waals surface area contributed by atoms with Gasteiger partial charge in [0, 0.05) is 15.6 Å². The minimum absolute atomic E-state index is 0.216. The minimum atomic E-state index is -0.642. The molecule has 10 heteroatoms. The molecule has 0 radical (unpaired) electrons. The zero-order chi connectivity index (χ0) is 27.3. The summed E-state index contributed by atoms with van der Waals surface area (Å²) in [4.78, 5) is 32.1. The molecule has 0 bridgehead atoms. The highest BCUT2D eigenvalue weighted by molar-refractivity contribution is 7.19. The highest BCUT2D eigenvalue weighted by Crippen LogP contribution is 2.44. The molecule has 194 valence electrons. The first-order valence-electron chi connectivity index (χ1n) is 11.8. The van der Waals surface area contributed by atoms with Crippen molar-refractivity contribution in [2.75, 3.05) is 7.11 Å². The maximum absolute atomic E-state index is 13.8. The second kappa shape index (κ2) is 10.1. The number of fused-ring (bicyclic) bond motifs is 2. The van der Waals surface area contributed by atoms with Gasteiger partial charge in [0.05, 0.1) is 33.3 Å². The fraction of sp³-hybridized carbons (Fsp3) is 0.0690. The molecule has 39 heavy (non-hydrogen) atoms. The van der Waals surface area contributed by atoms with Crippen LogP contribution in [0.3, 0.4) is 0 Å². The summed E-state index contributed by atoms with van der Waals surface area (Å²) in [5, 5.41) is 1.76. The molecule has 0 fully saturated rings. The van der Waals surface area contributed by atoms with Gasteiger partial charge in [0.1, 0.15) is 15.5 Å². The van der Waals surface area contributed by atoms with E-state index in [9.17, 15) is 9.59 Å². The molecule has 0 saturated carbocycles. The molecule has 1 aliphatic heterocycles. The van der Waals surface area contributed by atoms with Crippen LogP contribution in [0.5, 0.6) is 0 Å². The van der Waals surface area contributed by atoms with E-state index in [1.807, 2.05) is 48.5 Å². The number of hydrogen-bond acceptors (Lipinski definition) is 7. The summed E-state index contributed by atoms with van der Waals surface area (Å²) in [6.45, 7) is 0. The van der Waals surface area contributed by atoms with E-state index in [1.165, 1.54) is 34.4 Å². The molecule has 3 heterocycles. The number of benzene rings is 3. The van der Waals surface area contributed by atoms with Crippen molar-refractivity contribution < 1.29 is 9.53 Å². The molecule has 1 atom stereocenters. The molecule has 1 aliphatic rings. The molecular weight excluding hydrogens is 573 g/mol. The maximum atomic E-state index is 13.8. The van der Waals surface area contributed by atoms with E-state index in [-0.39, 0.29) is 11.4 Å². The van der Waals surface area contributed by atoms with Crippen molar-refractivity contribution >= 4 is 85.1 Å². The second-order valence-corrected chi connectivity index (χ2v) is 11.7. The third-order valence-corrected chi connectivity index (χ3v) is 9.13. The molecule has 0 aliphatic carbocycles. The van der Waals surface area contributed by atoms with Gasteiger partial charge in [-0.15, -0.1) is 22.7 Å². The molecule has 0 spiro atoms. The number of para-hydroxylation sites is 1. The number of aromatic nitrogens is 2. The van der Waals surface area contributed by atoms with E-state index in [4.69, 9.17) is 38.7 Å². The summed E-state index contributed by atoms with van der Waals surface area (Å²) >= 11 is 14.9. The average Bonchev–Trinajstić information content (AvgIpc) is 3.51. The Labute approximate surface area is 240 Å². The van der Waals surface area contributed by atoms with Crippen LogP contribution in [0.15, 0.2) is 77.6 Å². The standard InChI is InChI=1S/C29H19Cl2N3O3S2/c1-37-29(36)24-22(16-8-12-18(31)13-9-16)23(26-33-19-4-2-3-5-20(19)38-26)25(32)34-27(35)21(39-28(24)34)14-15-6-10-17(30)11-7-15/h2-14,22H,32H2,1H3/b21-14-. The van der Waals surface area contributed by atoms with Crippen molar-refractivity contribution in [2.45, 2.75) is 5.92 Å². The molecule has 5 aromatic rings. The van der Waals surface area contributed by atoms with Gasteiger partial charge in [-0.25, -0.2) is 9.78 Å². The van der Waals surface area contributed by atoms with Gasteiger partial charge in [0.25, 0.3) is 5.56 Å². The molecular formula is C29H19Cl2N3O3S2. The Morgan fingerprint density at radius 1 is 1.00 bits per heavy atom. The summed E-state index contributed by atoms with van der Waals surface area (Å²) in [6.07, 6.45) is 1.76. The smallest absolute Gasteiger partial charge is 0.337 e. The van der Waals surface area contributed by atoms with Gasteiger partial charge < -0.3 is 10.5 Å². The third-order valence-electron chi connectivity index (χ3n) is 6.45. The summed E-state index contributed by atoms with van der Waals surface area (Å²) in [7, 11) is 1.32. The van der Waals surface area contributed by atoms with Crippen LogP contribution >= 0.6 is 45.9 Å². The Kier molecular flexibility index (Phi) is 6.64. The number of nitrogens with zero attached hydrogens (tertiary/aromatic N) is 2. The lowest BCUT2D eigenvalue weighted by Crippen LogP contribution is -2.39. The van der Waals surface area contributed by atoms with Gasteiger partial charge in [-0.2, -0.15) is 0 Å². The summed E-state index contributed by atoms with van der Waals surface area (Å²) in [5.41, 5.74) is 9.72. The van der Waals surface area contributed by atoms with Crippen LogP contribution in [0, 0.1) is 0 Å². The monoisotopic (exact) mass is 591 g/mol. The van der Waals surface area contributed by atoms with Crippen molar-refractivity contribution in [3.8, 4) is 0 Å². The van der Waals surface area contributed by atoms with E-state index >= 15 is 0 Å². The lowest BCUT2D eigenvalue weighted by Gasteiger charge is -2.27. The van der Waals surface area contributed by atoms with Crippen molar-refractivity contribution in [3.05, 3.63) is 119 Å². The zero-order valence-corrected chi connectivity index (χ0v) is 23.5. The first-order valence-corrected chi connectivity index (χ1v) is 14.2. The highest BCUT2D eigenvalue weighted by Gasteiger charge is 2.38. The van der Waals surface area contributed by atoms with Crippen LogP contribution in [0.2, 0.25) is 10.0 Å². The van der Waals surface area contributed by atoms with Crippen molar-refractivity contribution in [2.24, 2.45) is 5.73 Å². The number of allylic oxidation sites excluding steroid dienone is 1. The van der Waals surface area contributed by atoms with Crippen LogP contribution < -0.4 is 20.5 Å². The number of halogens is 2. The number of thiazole rings is 2. The van der Waals surface area contributed by atoms with Gasteiger partial charge in [-0.3, -0.25) is 9.36 Å². The van der Waals surface area contributed by atoms with E-state index < -0.39 is 11.9 Å². The Balaban J connectivity index is 1.71. The second-order valence-electron chi connectivity index (χ2n) is 8.78. The SMILES string of the molecule is COC(=O)C1=c2s/c(=C\c3ccc(Cl)cc3)c(=O)n2C(N)=C(c2nc3ccccc3s2)C1c1ccc(Cl)cc1. The Morgan fingerprint density at radius 2 is 1.67 bits per heavy atom. The summed E-state index contributed by atoms with van der Waals surface area (Å²) < 4.78 is 8.45. The van der Waals surface area contributed by atoms with E-state index in [1.54, 1.807) is 30.3 Å². The number of nitrogens with two attached hydrogens (primary N) is 1. The van der Waals surface area contributed by atoms with E-state index in [0.29, 0.717) is 35.4 Å². The minimum Gasteiger partial charge on any atom is -0.466 e. The molecule has 0 saturated heterocycles. The van der Waals surface area contributed by atoms with Gasteiger partial charge in [0.2, 0.25) is 0 Å². The highest BCUT2D eigenvalue weighted by atomic mass is 35.5. The number of methoxy groups -OCH3 is 1. The molecule has 3 aromatic carbocycles. The fourth-order valence-electron chi connectivity index (χ4n) is 4.65. The molecule has 1 unspecified atom stereocenters. The largest absolute Gasteiger partial charge is 0.466 e. The van der Waals surface area contributed by atoms with Gasteiger partial charge in [0.15, 0.2) is 0 Å². The van der Waals surface area contributed by atoms with Crippen LogP contribution in [0.25, 0.3) is 33.3 Å². The normalized spacial score (nSPS) is 15.6. The van der Waals surface area contributed by atoms with Gasteiger partial charge in [-0.05, 0) is 53.6 Å². The molecule has 0 amide bonds. The maximum Gasteiger partial charge on any atom is 0.337 e. The predicted molar refractivity (Wildman–Crippen MR) is 159 cm³/mol. The van der Waals surface area contributed by atoms with Crippen LogP contribution in [-0.2, 0) is 9.53 Å². The van der Waals surface area contributed by atoms with Crippen molar-refractivity contribution in [1.82, 2.24) is 9.55 Å². The number of esters is 1. The summed E-state index contributed by atoms with van der Waals surface area (Å²) in [6, 6.07) is 22.1. The predicted octanol–water partition coefficient (Wildman–Crippen LogP) is 5.06. The van der Waals surface area contributed by atoms with Gasteiger partial charge >= 0.3 is 5.97 Å². The molecule has 6 nitrogen and oxygen atoms in total. The van der Waals surface area contributed by atoms with E-state index in [2.05, 4.69) is 0 Å². The quantitative estimate of drug-likeness (QED) is 0.295. The van der Waals surface area contributed by atoms with Crippen LogP contribution in [-0.4, -0.2) is 22.6 Å². The summed E-state index contributed by atoms with van der Waals surface area (Å²) in [5.74, 6) is -0.987. The lowest BCUT2D eigenvalue weighted by atomic mass is 9.83. The Hall–Kier alpha value is -3.69.